The van der Waals surface area contributed by atoms with Gasteiger partial charge in [0.15, 0.2) is 0 Å². The van der Waals surface area contributed by atoms with Crippen molar-refractivity contribution in [2.24, 2.45) is 7.05 Å². The van der Waals surface area contributed by atoms with Gasteiger partial charge in [0.25, 0.3) is 0 Å². The normalized spacial score (nSPS) is 11.1. The number of hydrogen-bond acceptors (Lipinski definition) is 4. The molecule has 0 saturated heterocycles. The van der Waals surface area contributed by atoms with Crippen molar-refractivity contribution >= 4 is 58.2 Å². The lowest BCUT2D eigenvalue weighted by Gasteiger charge is -2.21. The molecule has 8 heteroatoms. The van der Waals surface area contributed by atoms with E-state index in [0.717, 1.165) is 42.3 Å². The fourth-order valence-corrected chi connectivity index (χ4v) is 5.24. The van der Waals surface area contributed by atoms with Gasteiger partial charge in [-0.1, -0.05) is 54.6 Å². The topological polar surface area (TPSA) is 77.4 Å². The second kappa shape index (κ2) is 12.9. The fraction of sp³-hybridized carbons (Fsp3) is 0.100. The summed E-state index contributed by atoms with van der Waals surface area (Å²) in [4.78, 5) is 4.35. The highest BCUT2D eigenvalue weighted by atomic mass is 127. The minimum absolute atomic E-state index is 0. The predicted octanol–water partition coefficient (Wildman–Crippen LogP) is 7.31. The molecule has 38 heavy (non-hydrogen) atoms. The van der Waals surface area contributed by atoms with E-state index >= 15 is 0 Å². The number of hydrogen-bond donors (Lipinski definition) is 1. The highest BCUT2D eigenvalue weighted by molar-refractivity contribution is 14.1. The number of halogens is 3. The Hall–Kier alpha value is -3.40. The molecule has 4 aromatic carbocycles. The number of nitriles is 2. The van der Waals surface area contributed by atoms with Crippen LogP contribution in [-0.2, 0) is 13.6 Å². The molecule has 0 bridgehead atoms. The Kier molecular flexibility index (Phi) is 9.90. The third-order valence-electron chi connectivity index (χ3n) is 6.39. The second-order valence-corrected chi connectivity index (χ2v) is 9.78. The van der Waals surface area contributed by atoms with Crippen LogP contribution in [0.1, 0.15) is 34.0 Å². The lowest BCUT2D eigenvalue weighted by atomic mass is 9.91. The Morgan fingerprint density at radius 3 is 2.34 bits per heavy atom. The van der Waals surface area contributed by atoms with Crippen LogP contribution in [-0.4, -0.2) is 9.55 Å². The number of aromatic nitrogens is 2. The number of nitrogens with zero attached hydrogens (tertiary/aromatic N) is 4. The molecule has 5 aromatic rings. The van der Waals surface area contributed by atoms with Crippen molar-refractivity contribution in [1.29, 1.82) is 10.5 Å². The molecule has 1 atom stereocenters. The monoisotopic (exact) mass is 651 g/mol. The van der Waals surface area contributed by atoms with E-state index in [0.29, 0.717) is 17.7 Å². The molecule has 5 rings (SSSR count). The summed E-state index contributed by atoms with van der Waals surface area (Å²) in [5.74, 6) is 0. The smallest absolute Gasteiger partial charge is 0.100 e. The molecule has 0 spiro atoms. The summed E-state index contributed by atoms with van der Waals surface area (Å²) in [7, 11) is 1.98. The number of rotatable bonds is 6. The van der Waals surface area contributed by atoms with E-state index in [-0.39, 0.29) is 30.9 Å². The van der Waals surface area contributed by atoms with Crippen LogP contribution in [0.5, 0.6) is 0 Å². The first-order chi connectivity index (χ1) is 17.6. The minimum atomic E-state index is -0.146. The first-order valence-corrected chi connectivity index (χ1v) is 12.6. The Morgan fingerprint density at radius 1 is 0.895 bits per heavy atom. The summed E-state index contributed by atoms with van der Waals surface area (Å²) < 4.78 is 2.94. The summed E-state index contributed by atoms with van der Waals surface area (Å²) in [5, 5.41) is 25.1. The Bertz CT molecular complexity index is 1660. The molecule has 0 fully saturated rings. The largest absolute Gasteiger partial charge is 0.336 e. The number of nitrogens with one attached hydrogen (secondary N) is 1. The molecule has 0 saturated carbocycles. The van der Waals surface area contributed by atoms with Crippen molar-refractivity contribution in [1.82, 2.24) is 14.9 Å². The first-order valence-electron chi connectivity index (χ1n) is 11.5. The summed E-state index contributed by atoms with van der Waals surface area (Å²) in [6.45, 7) is 0.612. The fourth-order valence-electron chi connectivity index (χ4n) is 4.54. The van der Waals surface area contributed by atoms with Crippen LogP contribution in [0, 0.1) is 26.2 Å². The molecule has 0 aliphatic rings. The van der Waals surface area contributed by atoms with Gasteiger partial charge in [0.05, 0.1) is 41.5 Å². The molecule has 1 unspecified atom stereocenters. The Labute approximate surface area is 248 Å². The summed E-state index contributed by atoms with van der Waals surface area (Å²) >= 11 is 2.20. The van der Waals surface area contributed by atoms with E-state index in [4.69, 9.17) is 0 Å². The zero-order valence-corrected chi connectivity index (χ0v) is 24.2. The second-order valence-electron chi connectivity index (χ2n) is 8.61. The maximum Gasteiger partial charge on any atom is 0.100 e. The van der Waals surface area contributed by atoms with E-state index in [9.17, 15) is 10.5 Å². The van der Waals surface area contributed by atoms with Gasteiger partial charge in [-0.2, -0.15) is 10.5 Å². The van der Waals surface area contributed by atoms with Gasteiger partial charge in [0.1, 0.15) is 6.07 Å². The quantitative estimate of drug-likeness (QED) is 0.195. The average molecular weight is 652 g/mol. The van der Waals surface area contributed by atoms with E-state index in [1.807, 2.05) is 66.3 Å². The summed E-state index contributed by atoms with van der Waals surface area (Å²) in [6, 6.07) is 30.8. The van der Waals surface area contributed by atoms with E-state index in [1.165, 1.54) is 0 Å². The van der Waals surface area contributed by atoms with Crippen LogP contribution in [0.3, 0.4) is 0 Å². The van der Waals surface area contributed by atoms with Crippen LogP contribution < -0.4 is 5.32 Å². The van der Waals surface area contributed by atoms with Crippen LogP contribution in [0.2, 0.25) is 0 Å². The lowest BCUT2D eigenvalue weighted by Crippen LogP contribution is -2.24. The number of aryl methyl sites for hydroxylation is 1. The van der Waals surface area contributed by atoms with Gasteiger partial charge in [-0.3, -0.25) is 0 Å². The van der Waals surface area contributed by atoms with Crippen molar-refractivity contribution in [3.8, 4) is 23.3 Å². The van der Waals surface area contributed by atoms with E-state index in [1.54, 1.807) is 6.33 Å². The molecule has 0 radical (unpaired) electrons. The molecule has 1 heterocycles. The number of benzene rings is 4. The van der Waals surface area contributed by atoms with Crippen LogP contribution in [0.25, 0.3) is 21.9 Å². The minimum Gasteiger partial charge on any atom is -0.336 e. The van der Waals surface area contributed by atoms with Gasteiger partial charge in [-0.05, 0) is 74.3 Å². The highest BCUT2D eigenvalue weighted by Gasteiger charge is 2.20. The van der Waals surface area contributed by atoms with Crippen molar-refractivity contribution in [3.63, 3.8) is 0 Å². The highest BCUT2D eigenvalue weighted by Crippen LogP contribution is 2.34. The molecule has 0 amide bonds. The number of fused-ring (bicyclic) bond motifs is 1. The van der Waals surface area contributed by atoms with Crippen LogP contribution >= 0.6 is 47.4 Å². The van der Waals surface area contributed by atoms with E-state index in [2.05, 4.69) is 75.4 Å². The lowest BCUT2D eigenvalue weighted by molar-refractivity contribution is 0.573. The zero-order valence-electron chi connectivity index (χ0n) is 20.4. The summed E-state index contributed by atoms with van der Waals surface area (Å²) in [6.07, 6.45) is 3.67. The van der Waals surface area contributed by atoms with Gasteiger partial charge in [0.2, 0.25) is 0 Å². The molecule has 0 aliphatic carbocycles. The van der Waals surface area contributed by atoms with Crippen molar-refractivity contribution in [2.75, 3.05) is 0 Å². The van der Waals surface area contributed by atoms with Crippen molar-refractivity contribution < 1.29 is 0 Å². The van der Waals surface area contributed by atoms with Gasteiger partial charge in [-0.25, -0.2) is 4.98 Å². The standard InChI is InChI=1S/C30H22IN5.2ClH/c1-36-19-34-18-29(36)30(35-17-20-9-10-24(16-33)28(31)13-20)22-11-12-23(15-32)27(14-22)26-8-4-6-21-5-2-3-7-25(21)26;;/h2-14,18-19,30,35H,17H2,1H3;2*1H. The predicted molar refractivity (Wildman–Crippen MR) is 164 cm³/mol. The maximum absolute atomic E-state index is 9.93. The van der Waals surface area contributed by atoms with Crippen molar-refractivity contribution in [3.05, 3.63) is 123 Å². The molecular formula is C30H24Cl2IN5. The number of imidazole rings is 1. The molecule has 5 nitrogen and oxygen atoms in total. The maximum atomic E-state index is 9.93. The third-order valence-corrected chi connectivity index (χ3v) is 7.28. The van der Waals surface area contributed by atoms with Crippen molar-refractivity contribution in [2.45, 2.75) is 12.6 Å². The van der Waals surface area contributed by atoms with Crippen LogP contribution in [0.15, 0.2) is 91.4 Å². The average Bonchev–Trinajstić information content (AvgIpc) is 3.34. The molecular weight excluding hydrogens is 628 g/mol. The molecule has 1 N–H and O–H groups in total. The van der Waals surface area contributed by atoms with Gasteiger partial charge in [-0.15, -0.1) is 24.8 Å². The summed E-state index contributed by atoms with van der Waals surface area (Å²) in [5.41, 5.74) is 6.42. The Balaban J connectivity index is 0.00000200. The van der Waals surface area contributed by atoms with Gasteiger partial charge in [0, 0.05) is 22.7 Å². The molecule has 0 aliphatic heterocycles. The Morgan fingerprint density at radius 2 is 1.63 bits per heavy atom. The third kappa shape index (κ3) is 5.85. The SMILES string of the molecule is Cl.Cl.Cn1cncc1C(NCc1ccc(C#N)c(I)c1)c1ccc(C#N)c(-c2cccc3ccccc23)c1. The molecule has 190 valence electrons. The first kappa shape index (κ1) is 29.2. The van der Waals surface area contributed by atoms with Gasteiger partial charge < -0.3 is 9.88 Å². The van der Waals surface area contributed by atoms with E-state index < -0.39 is 0 Å². The van der Waals surface area contributed by atoms with Crippen LogP contribution in [0.4, 0.5) is 0 Å². The zero-order chi connectivity index (χ0) is 25.1. The van der Waals surface area contributed by atoms with Gasteiger partial charge >= 0.3 is 0 Å². The molecule has 1 aromatic heterocycles.